The molecule has 1 aliphatic rings. The lowest BCUT2D eigenvalue weighted by Crippen LogP contribution is -2.44. The second-order valence-corrected chi connectivity index (χ2v) is 8.02. The molecule has 0 saturated carbocycles. The van der Waals surface area contributed by atoms with E-state index in [2.05, 4.69) is 13.8 Å². The minimum Gasteiger partial charge on any atom is -0.452 e. The Bertz CT molecular complexity index is 894. The lowest BCUT2D eigenvalue weighted by atomic mass is 9.92. The van der Waals surface area contributed by atoms with E-state index in [0.29, 0.717) is 36.2 Å². The number of amides is 1. The fourth-order valence-corrected chi connectivity index (χ4v) is 3.85. The quantitative estimate of drug-likeness (QED) is 0.552. The molecule has 158 valence electrons. The van der Waals surface area contributed by atoms with Crippen LogP contribution >= 0.6 is 0 Å². The fraction of sp³-hybridized carbons (Fsp3) is 0.375. The van der Waals surface area contributed by atoms with Crippen molar-refractivity contribution in [3.05, 3.63) is 54.1 Å². The standard InChI is InChI=1S/C24H27NO5/c1-16-12-17(2)14-25(13-16)23(27)15-29-24(28)21-6-4-19(5-7-21)20-8-10-22(11-9-20)30-18(3)26/h4-11,16-17H,12-15H2,1-3H3. The Morgan fingerprint density at radius 2 is 1.43 bits per heavy atom. The number of ether oxygens (including phenoxy) is 2. The summed E-state index contributed by atoms with van der Waals surface area (Å²) in [6.07, 6.45) is 1.11. The predicted octanol–water partition coefficient (Wildman–Crippen LogP) is 3.94. The molecule has 1 heterocycles. The van der Waals surface area contributed by atoms with E-state index in [4.69, 9.17) is 9.47 Å². The Morgan fingerprint density at radius 3 is 1.97 bits per heavy atom. The Kier molecular flexibility index (Phi) is 6.87. The van der Waals surface area contributed by atoms with Gasteiger partial charge in [0, 0.05) is 20.0 Å². The molecule has 3 rings (SSSR count). The molecule has 6 nitrogen and oxygen atoms in total. The number of hydrogen-bond acceptors (Lipinski definition) is 5. The van der Waals surface area contributed by atoms with Crippen LogP contribution in [0, 0.1) is 11.8 Å². The zero-order chi connectivity index (χ0) is 21.7. The second kappa shape index (κ2) is 9.57. The first-order valence-electron chi connectivity index (χ1n) is 10.2. The van der Waals surface area contributed by atoms with Gasteiger partial charge < -0.3 is 14.4 Å². The molecule has 30 heavy (non-hydrogen) atoms. The summed E-state index contributed by atoms with van der Waals surface area (Å²) in [5.41, 5.74) is 2.23. The van der Waals surface area contributed by atoms with Crippen LogP contribution < -0.4 is 4.74 Å². The largest absolute Gasteiger partial charge is 0.452 e. The summed E-state index contributed by atoms with van der Waals surface area (Å²) in [4.78, 5) is 37.5. The normalized spacial score (nSPS) is 18.6. The molecular weight excluding hydrogens is 382 g/mol. The molecule has 0 bridgehead atoms. The van der Waals surface area contributed by atoms with Gasteiger partial charge in [0.05, 0.1) is 5.56 Å². The van der Waals surface area contributed by atoms with E-state index in [1.807, 2.05) is 24.3 Å². The number of hydrogen-bond donors (Lipinski definition) is 0. The van der Waals surface area contributed by atoms with Gasteiger partial charge in [0.25, 0.3) is 5.91 Å². The van der Waals surface area contributed by atoms with Gasteiger partial charge in [-0.15, -0.1) is 0 Å². The van der Waals surface area contributed by atoms with Crippen molar-refractivity contribution in [2.75, 3.05) is 19.7 Å². The van der Waals surface area contributed by atoms with Crippen LogP contribution in [0.15, 0.2) is 48.5 Å². The molecule has 1 saturated heterocycles. The Balaban J connectivity index is 1.56. The first-order valence-corrected chi connectivity index (χ1v) is 10.2. The maximum Gasteiger partial charge on any atom is 0.338 e. The van der Waals surface area contributed by atoms with Gasteiger partial charge in [0.1, 0.15) is 5.75 Å². The molecule has 0 N–H and O–H groups in total. The Morgan fingerprint density at radius 1 is 0.900 bits per heavy atom. The molecule has 0 spiro atoms. The van der Waals surface area contributed by atoms with Gasteiger partial charge in [-0.25, -0.2) is 4.79 Å². The molecule has 2 aromatic rings. The molecule has 2 atom stereocenters. The van der Waals surface area contributed by atoms with Crippen molar-refractivity contribution in [2.45, 2.75) is 27.2 Å². The van der Waals surface area contributed by atoms with Crippen molar-refractivity contribution in [2.24, 2.45) is 11.8 Å². The molecular formula is C24H27NO5. The van der Waals surface area contributed by atoms with Crippen LogP contribution in [0.1, 0.15) is 37.6 Å². The number of likely N-dealkylation sites (tertiary alicyclic amines) is 1. The zero-order valence-electron chi connectivity index (χ0n) is 17.6. The van der Waals surface area contributed by atoms with E-state index in [9.17, 15) is 14.4 Å². The van der Waals surface area contributed by atoms with Gasteiger partial charge in [-0.3, -0.25) is 9.59 Å². The monoisotopic (exact) mass is 409 g/mol. The topological polar surface area (TPSA) is 72.9 Å². The number of esters is 2. The van der Waals surface area contributed by atoms with Gasteiger partial charge in [-0.2, -0.15) is 0 Å². The molecule has 6 heteroatoms. The summed E-state index contributed by atoms with van der Waals surface area (Å²) in [5, 5.41) is 0. The minimum atomic E-state index is -0.516. The number of piperidine rings is 1. The van der Waals surface area contributed by atoms with Crippen LogP contribution in [-0.4, -0.2) is 42.4 Å². The lowest BCUT2D eigenvalue weighted by Gasteiger charge is -2.34. The van der Waals surface area contributed by atoms with Crippen molar-refractivity contribution in [3.8, 4) is 16.9 Å². The summed E-state index contributed by atoms with van der Waals surface area (Å²) < 4.78 is 10.3. The highest BCUT2D eigenvalue weighted by molar-refractivity contribution is 5.92. The Hall–Kier alpha value is -3.15. The van der Waals surface area contributed by atoms with Gasteiger partial charge >= 0.3 is 11.9 Å². The third kappa shape index (κ3) is 5.69. The van der Waals surface area contributed by atoms with Gasteiger partial charge in [-0.05, 0) is 53.6 Å². The third-order valence-electron chi connectivity index (χ3n) is 5.12. The number of rotatable bonds is 5. The smallest absolute Gasteiger partial charge is 0.338 e. The van der Waals surface area contributed by atoms with Crippen molar-refractivity contribution >= 4 is 17.8 Å². The van der Waals surface area contributed by atoms with Crippen molar-refractivity contribution < 1.29 is 23.9 Å². The molecule has 0 aromatic heterocycles. The number of nitrogens with zero attached hydrogens (tertiary/aromatic N) is 1. The molecule has 1 aliphatic heterocycles. The lowest BCUT2D eigenvalue weighted by molar-refractivity contribution is -0.137. The average molecular weight is 409 g/mol. The Labute approximate surface area is 176 Å². The van der Waals surface area contributed by atoms with Gasteiger partial charge in [-0.1, -0.05) is 38.1 Å². The van der Waals surface area contributed by atoms with Crippen molar-refractivity contribution in [1.82, 2.24) is 4.90 Å². The SMILES string of the molecule is CC(=O)Oc1ccc(-c2ccc(C(=O)OCC(=O)N3CC(C)CC(C)C3)cc2)cc1. The van der Waals surface area contributed by atoms with Crippen molar-refractivity contribution in [3.63, 3.8) is 0 Å². The minimum absolute atomic E-state index is 0.147. The van der Waals surface area contributed by atoms with Crippen molar-refractivity contribution in [1.29, 1.82) is 0 Å². The van der Waals surface area contributed by atoms with E-state index < -0.39 is 5.97 Å². The van der Waals surface area contributed by atoms with Gasteiger partial charge in [0.15, 0.2) is 6.61 Å². The summed E-state index contributed by atoms with van der Waals surface area (Å²) in [6, 6.07) is 14.1. The van der Waals surface area contributed by atoms with E-state index >= 15 is 0 Å². The first kappa shape index (κ1) is 21.6. The van der Waals surface area contributed by atoms with Crippen LogP contribution in [0.4, 0.5) is 0 Å². The van der Waals surface area contributed by atoms with Gasteiger partial charge in [0.2, 0.25) is 0 Å². The van der Waals surface area contributed by atoms with E-state index in [1.54, 1.807) is 29.2 Å². The fourth-order valence-electron chi connectivity index (χ4n) is 3.85. The summed E-state index contributed by atoms with van der Waals surface area (Å²) >= 11 is 0. The highest BCUT2D eigenvalue weighted by Gasteiger charge is 2.26. The third-order valence-corrected chi connectivity index (χ3v) is 5.12. The summed E-state index contributed by atoms with van der Waals surface area (Å²) in [6.45, 7) is 6.81. The van der Waals surface area contributed by atoms with E-state index in [0.717, 1.165) is 17.5 Å². The van der Waals surface area contributed by atoms with E-state index in [-0.39, 0.29) is 18.5 Å². The first-order chi connectivity index (χ1) is 14.3. The van der Waals surface area contributed by atoms with Crippen LogP contribution in [0.3, 0.4) is 0 Å². The highest BCUT2D eigenvalue weighted by atomic mass is 16.5. The molecule has 0 radical (unpaired) electrons. The number of carbonyl (C=O) groups is 3. The number of benzene rings is 2. The molecule has 0 aliphatic carbocycles. The zero-order valence-corrected chi connectivity index (χ0v) is 17.6. The van der Waals surface area contributed by atoms with Crippen LogP contribution in [0.5, 0.6) is 5.75 Å². The molecule has 1 fully saturated rings. The van der Waals surface area contributed by atoms with Crippen LogP contribution in [-0.2, 0) is 14.3 Å². The van der Waals surface area contributed by atoms with E-state index in [1.165, 1.54) is 6.92 Å². The highest BCUT2D eigenvalue weighted by Crippen LogP contribution is 2.24. The summed E-state index contributed by atoms with van der Waals surface area (Å²) in [7, 11) is 0. The number of carbonyl (C=O) groups excluding carboxylic acids is 3. The second-order valence-electron chi connectivity index (χ2n) is 8.02. The maximum atomic E-state index is 12.4. The predicted molar refractivity (Wildman–Crippen MR) is 113 cm³/mol. The molecule has 2 unspecified atom stereocenters. The molecule has 1 amide bonds. The molecule has 2 aromatic carbocycles. The maximum absolute atomic E-state index is 12.4. The van der Waals surface area contributed by atoms with Crippen LogP contribution in [0.2, 0.25) is 0 Å². The van der Waals surface area contributed by atoms with Crippen LogP contribution in [0.25, 0.3) is 11.1 Å². The average Bonchev–Trinajstić information content (AvgIpc) is 2.71. The summed E-state index contributed by atoms with van der Waals surface area (Å²) in [5.74, 6) is 0.375.